The molecular formula is C15H24N2O2. The van der Waals surface area contributed by atoms with Crippen molar-refractivity contribution in [2.75, 3.05) is 46.5 Å². The predicted molar refractivity (Wildman–Crippen MR) is 76.7 cm³/mol. The van der Waals surface area contributed by atoms with Gasteiger partial charge in [0.25, 0.3) is 0 Å². The van der Waals surface area contributed by atoms with Crippen LogP contribution in [0.3, 0.4) is 0 Å². The maximum atomic E-state index is 5.35. The molecule has 1 heterocycles. The van der Waals surface area contributed by atoms with Gasteiger partial charge in [0, 0.05) is 32.2 Å². The van der Waals surface area contributed by atoms with Crippen molar-refractivity contribution in [1.82, 2.24) is 10.2 Å². The Bertz CT molecular complexity index is 378. The Morgan fingerprint density at radius 1 is 1.37 bits per heavy atom. The molecule has 1 atom stereocenters. The number of morpholine rings is 1. The highest BCUT2D eigenvalue weighted by Gasteiger charge is 2.10. The van der Waals surface area contributed by atoms with Crippen molar-refractivity contribution in [3.8, 4) is 5.75 Å². The molecule has 1 aliphatic rings. The molecule has 0 saturated carbocycles. The van der Waals surface area contributed by atoms with Crippen LogP contribution in [0, 0.1) is 0 Å². The third-order valence-corrected chi connectivity index (χ3v) is 3.58. The van der Waals surface area contributed by atoms with Crippen molar-refractivity contribution >= 4 is 0 Å². The largest absolute Gasteiger partial charge is 0.497 e. The lowest BCUT2D eigenvalue weighted by Crippen LogP contribution is -2.40. The smallest absolute Gasteiger partial charge is 0.119 e. The average molecular weight is 264 g/mol. The first kappa shape index (κ1) is 14.3. The molecule has 1 N–H and O–H groups in total. The molecule has 1 fully saturated rings. The first-order valence-electron chi connectivity index (χ1n) is 6.97. The van der Waals surface area contributed by atoms with Gasteiger partial charge < -0.3 is 14.8 Å². The number of hydrogen-bond donors (Lipinski definition) is 1. The minimum absolute atomic E-state index is 0.344. The van der Waals surface area contributed by atoms with E-state index in [2.05, 4.69) is 29.3 Å². The average Bonchev–Trinajstić information content (AvgIpc) is 2.48. The van der Waals surface area contributed by atoms with Gasteiger partial charge in [-0.3, -0.25) is 4.90 Å². The Labute approximate surface area is 115 Å². The topological polar surface area (TPSA) is 33.7 Å². The van der Waals surface area contributed by atoms with Gasteiger partial charge in [-0.05, 0) is 24.6 Å². The van der Waals surface area contributed by atoms with Crippen molar-refractivity contribution in [3.63, 3.8) is 0 Å². The van der Waals surface area contributed by atoms with E-state index in [1.807, 2.05) is 12.1 Å². The lowest BCUT2D eigenvalue weighted by molar-refractivity contribution is 0.0382. The second-order valence-corrected chi connectivity index (χ2v) is 4.91. The fourth-order valence-electron chi connectivity index (χ4n) is 2.29. The van der Waals surface area contributed by atoms with Crippen LogP contribution in [0.2, 0.25) is 0 Å². The minimum Gasteiger partial charge on any atom is -0.497 e. The molecule has 0 aliphatic carbocycles. The van der Waals surface area contributed by atoms with E-state index in [4.69, 9.17) is 9.47 Å². The Balaban J connectivity index is 1.75. The Morgan fingerprint density at radius 3 is 2.89 bits per heavy atom. The SMILES string of the molecule is COc1cccc([C@H](C)NCCN2CCOCC2)c1. The van der Waals surface area contributed by atoms with E-state index in [1.54, 1.807) is 7.11 Å². The highest BCUT2D eigenvalue weighted by Crippen LogP contribution is 2.18. The Kier molecular flexibility index (Phi) is 5.63. The Morgan fingerprint density at radius 2 is 2.16 bits per heavy atom. The summed E-state index contributed by atoms with van der Waals surface area (Å²) in [6.45, 7) is 8.10. The molecular weight excluding hydrogens is 240 g/mol. The number of nitrogens with zero attached hydrogens (tertiary/aromatic N) is 1. The zero-order valence-electron chi connectivity index (χ0n) is 11.9. The van der Waals surface area contributed by atoms with Crippen LogP contribution in [0.4, 0.5) is 0 Å². The molecule has 4 nitrogen and oxygen atoms in total. The summed E-state index contributed by atoms with van der Waals surface area (Å²) in [6, 6.07) is 8.58. The second-order valence-electron chi connectivity index (χ2n) is 4.91. The molecule has 4 heteroatoms. The molecule has 1 saturated heterocycles. The summed E-state index contributed by atoms with van der Waals surface area (Å²) >= 11 is 0. The van der Waals surface area contributed by atoms with E-state index >= 15 is 0 Å². The van der Waals surface area contributed by atoms with Crippen LogP contribution < -0.4 is 10.1 Å². The number of methoxy groups -OCH3 is 1. The molecule has 0 radical (unpaired) electrons. The second kappa shape index (κ2) is 7.48. The lowest BCUT2D eigenvalue weighted by atomic mass is 10.1. The molecule has 0 unspecified atom stereocenters. The molecule has 0 bridgehead atoms. The molecule has 1 aliphatic heterocycles. The molecule has 1 aromatic rings. The monoisotopic (exact) mass is 264 g/mol. The van der Waals surface area contributed by atoms with Crippen LogP contribution in [-0.4, -0.2) is 51.4 Å². The Hall–Kier alpha value is -1.10. The highest BCUT2D eigenvalue weighted by atomic mass is 16.5. The van der Waals surface area contributed by atoms with Crippen LogP contribution in [-0.2, 0) is 4.74 Å². The van der Waals surface area contributed by atoms with Crippen LogP contribution in [0.1, 0.15) is 18.5 Å². The summed E-state index contributed by atoms with van der Waals surface area (Å²) in [5.74, 6) is 0.916. The molecule has 0 amide bonds. The van der Waals surface area contributed by atoms with Crippen molar-refractivity contribution in [2.24, 2.45) is 0 Å². The van der Waals surface area contributed by atoms with Crippen LogP contribution in [0.5, 0.6) is 5.75 Å². The van der Waals surface area contributed by atoms with E-state index in [-0.39, 0.29) is 0 Å². The maximum Gasteiger partial charge on any atom is 0.119 e. The quantitative estimate of drug-likeness (QED) is 0.847. The van der Waals surface area contributed by atoms with E-state index < -0.39 is 0 Å². The number of hydrogen-bond acceptors (Lipinski definition) is 4. The van der Waals surface area contributed by atoms with Crippen molar-refractivity contribution < 1.29 is 9.47 Å². The standard InChI is InChI=1S/C15H24N2O2/c1-13(14-4-3-5-15(12-14)18-2)16-6-7-17-8-10-19-11-9-17/h3-5,12-13,16H,6-11H2,1-2H3/t13-/m0/s1. The van der Waals surface area contributed by atoms with Crippen molar-refractivity contribution in [1.29, 1.82) is 0 Å². The minimum atomic E-state index is 0.344. The number of benzene rings is 1. The van der Waals surface area contributed by atoms with E-state index in [1.165, 1.54) is 5.56 Å². The summed E-state index contributed by atoms with van der Waals surface area (Å²) in [6.07, 6.45) is 0. The van der Waals surface area contributed by atoms with Crippen molar-refractivity contribution in [2.45, 2.75) is 13.0 Å². The fourth-order valence-corrected chi connectivity index (χ4v) is 2.29. The molecule has 19 heavy (non-hydrogen) atoms. The van der Waals surface area contributed by atoms with Gasteiger partial charge in [0.2, 0.25) is 0 Å². The number of ether oxygens (including phenoxy) is 2. The first-order chi connectivity index (χ1) is 9.29. The van der Waals surface area contributed by atoms with E-state index in [9.17, 15) is 0 Å². The fraction of sp³-hybridized carbons (Fsp3) is 0.600. The van der Waals surface area contributed by atoms with Gasteiger partial charge in [-0.1, -0.05) is 12.1 Å². The summed E-state index contributed by atoms with van der Waals surface area (Å²) in [5.41, 5.74) is 1.27. The molecule has 0 aromatic heterocycles. The van der Waals surface area contributed by atoms with Crippen LogP contribution >= 0.6 is 0 Å². The maximum absolute atomic E-state index is 5.35. The third kappa shape index (κ3) is 4.49. The van der Waals surface area contributed by atoms with Gasteiger partial charge in [-0.25, -0.2) is 0 Å². The molecule has 1 aromatic carbocycles. The molecule has 106 valence electrons. The van der Waals surface area contributed by atoms with Gasteiger partial charge in [0.05, 0.1) is 20.3 Å². The zero-order valence-corrected chi connectivity index (χ0v) is 11.9. The van der Waals surface area contributed by atoms with Gasteiger partial charge in [-0.2, -0.15) is 0 Å². The molecule has 0 spiro atoms. The summed E-state index contributed by atoms with van der Waals surface area (Å²) in [7, 11) is 1.70. The number of nitrogens with one attached hydrogen (secondary N) is 1. The number of rotatable bonds is 6. The highest BCUT2D eigenvalue weighted by molar-refractivity contribution is 5.30. The van der Waals surface area contributed by atoms with Crippen LogP contribution in [0.15, 0.2) is 24.3 Å². The van der Waals surface area contributed by atoms with E-state index in [0.29, 0.717) is 6.04 Å². The van der Waals surface area contributed by atoms with Gasteiger partial charge in [0.15, 0.2) is 0 Å². The normalized spacial score (nSPS) is 18.2. The summed E-state index contributed by atoms with van der Waals surface area (Å²) < 4.78 is 10.6. The van der Waals surface area contributed by atoms with Gasteiger partial charge >= 0.3 is 0 Å². The third-order valence-electron chi connectivity index (χ3n) is 3.58. The van der Waals surface area contributed by atoms with Crippen molar-refractivity contribution in [3.05, 3.63) is 29.8 Å². The summed E-state index contributed by atoms with van der Waals surface area (Å²) in [4.78, 5) is 2.44. The van der Waals surface area contributed by atoms with Crippen LogP contribution in [0.25, 0.3) is 0 Å². The van der Waals surface area contributed by atoms with E-state index in [0.717, 1.165) is 45.1 Å². The predicted octanol–water partition coefficient (Wildman–Crippen LogP) is 1.68. The van der Waals surface area contributed by atoms with Gasteiger partial charge in [0.1, 0.15) is 5.75 Å². The zero-order chi connectivity index (χ0) is 13.5. The lowest BCUT2D eigenvalue weighted by Gasteiger charge is -2.27. The summed E-state index contributed by atoms with van der Waals surface area (Å²) in [5, 5.41) is 3.56. The van der Waals surface area contributed by atoms with Gasteiger partial charge in [-0.15, -0.1) is 0 Å². The molecule has 2 rings (SSSR count). The first-order valence-corrected chi connectivity index (χ1v) is 6.97.